The second kappa shape index (κ2) is 8.53. The zero-order valence-electron chi connectivity index (χ0n) is 19.6. The number of carbonyl (C=O) groups is 1. The van der Waals surface area contributed by atoms with Crippen molar-refractivity contribution in [2.24, 2.45) is 0 Å². The van der Waals surface area contributed by atoms with Crippen LogP contribution in [0.25, 0.3) is 15.9 Å². The normalized spacial score (nSPS) is 17.0. The maximum atomic E-state index is 15.5. The van der Waals surface area contributed by atoms with Crippen molar-refractivity contribution in [3.8, 4) is 0 Å². The van der Waals surface area contributed by atoms with Crippen LogP contribution in [0.2, 0.25) is 0 Å². The lowest BCUT2D eigenvalue weighted by Gasteiger charge is -2.34. The van der Waals surface area contributed by atoms with Gasteiger partial charge in [-0.15, -0.1) is 11.3 Å². The highest BCUT2D eigenvalue weighted by Gasteiger charge is 2.29. The zero-order chi connectivity index (χ0) is 24.3. The number of benzene rings is 1. The van der Waals surface area contributed by atoms with Crippen LogP contribution in [0, 0.1) is 25.5 Å². The first-order valence-electron chi connectivity index (χ1n) is 11.9. The molecule has 3 aromatic heterocycles. The Bertz CT molecular complexity index is 1450. The first-order chi connectivity index (χ1) is 16.9. The highest BCUT2D eigenvalue weighted by molar-refractivity contribution is 7.19. The van der Waals surface area contributed by atoms with Gasteiger partial charge in [-0.25, -0.2) is 18.7 Å². The maximum Gasteiger partial charge on any atom is 0.260 e. The first kappa shape index (κ1) is 22.4. The van der Waals surface area contributed by atoms with E-state index >= 15 is 4.39 Å². The van der Waals surface area contributed by atoms with Gasteiger partial charge in [-0.1, -0.05) is 0 Å². The number of fused-ring (bicyclic) bond motifs is 2. The third-order valence-corrected chi connectivity index (χ3v) is 7.69. The number of thiazole rings is 1. The SMILES string of the molecule is Cc1cn2cc(NC(=O)c3c(F)cc(N4CCC(NC5CC5)CC4)c4nc(C)sc34)cc(F)c2n1. The van der Waals surface area contributed by atoms with Gasteiger partial charge in [0, 0.05) is 49.7 Å². The van der Waals surface area contributed by atoms with Crippen LogP contribution in [0.3, 0.4) is 0 Å². The lowest BCUT2D eigenvalue weighted by Crippen LogP contribution is -2.43. The second-order valence-corrected chi connectivity index (χ2v) is 10.7. The monoisotopic (exact) mass is 496 g/mol. The molecule has 1 aliphatic carbocycles. The van der Waals surface area contributed by atoms with Crippen LogP contribution in [0.1, 0.15) is 46.7 Å². The molecule has 1 aliphatic heterocycles. The van der Waals surface area contributed by atoms with Crippen LogP contribution in [0.5, 0.6) is 0 Å². The Morgan fingerprint density at radius 3 is 2.51 bits per heavy atom. The van der Waals surface area contributed by atoms with Crippen LogP contribution >= 0.6 is 11.3 Å². The van der Waals surface area contributed by atoms with Crippen LogP contribution in [0.4, 0.5) is 20.2 Å². The number of aryl methyl sites for hydroxylation is 2. The van der Waals surface area contributed by atoms with Crippen molar-refractivity contribution >= 4 is 44.5 Å². The van der Waals surface area contributed by atoms with Gasteiger partial charge in [-0.3, -0.25) is 4.79 Å². The zero-order valence-corrected chi connectivity index (χ0v) is 20.4. The van der Waals surface area contributed by atoms with Gasteiger partial charge in [0.25, 0.3) is 5.91 Å². The third kappa shape index (κ3) is 4.25. The molecule has 182 valence electrons. The minimum absolute atomic E-state index is 0.0676. The average Bonchev–Trinajstić information content (AvgIpc) is 3.41. The summed E-state index contributed by atoms with van der Waals surface area (Å²) in [5.74, 6) is -1.80. The molecule has 0 radical (unpaired) electrons. The summed E-state index contributed by atoms with van der Waals surface area (Å²) in [5.41, 5.74) is 2.35. The summed E-state index contributed by atoms with van der Waals surface area (Å²) in [7, 11) is 0. The Balaban J connectivity index is 1.30. The Morgan fingerprint density at radius 2 is 1.77 bits per heavy atom. The molecule has 0 unspecified atom stereocenters. The van der Waals surface area contributed by atoms with Gasteiger partial charge in [-0.2, -0.15) is 0 Å². The molecular weight excluding hydrogens is 470 g/mol. The number of aromatic nitrogens is 3. The topological polar surface area (TPSA) is 74.6 Å². The number of hydrogen-bond acceptors (Lipinski definition) is 6. The molecule has 6 rings (SSSR count). The van der Waals surface area contributed by atoms with E-state index in [-0.39, 0.29) is 16.9 Å². The summed E-state index contributed by atoms with van der Waals surface area (Å²) in [6.45, 7) is 5.23. The molecule has 2 N–H and O–H groups in total. The number of pyridine rings is 1. The van der Waals surface area contributed by atoms with Crippen LogP contribution in [0.15, 0.2) is 24.5 Å². The van der Waals surface area contributed by atoms with Crippen molar-refractivity contribution in [1.82, 2.24) is 19.7 Å². The largest absolute Gasteiger partial charge is 0.370 e. The van der Waals surface area contributed by atoms with Crippen LogP contribution < -0.4 is 15.5 Å². The van der Waals surface area contributed by atoms with E-state index < -0.39 is 17.5 Å². The Kier molecular flexibility index (Phi) is 5.45. The molecule has 1 amide bonds. The van der Waals surface area contributed by atoms with E-state index in [1.807, 2.05) is 6.92 Å². The summed E-state index contributed by atoms with van der Waals surface area (Å²) in [4.78, 5) is 24.2. The number of hydrogen-bond donors (Lipinski definition) is 2. The molecule has 35 heavy (non-hydrogen) atoms. The fourth-order valence-corrected chi connectivity index (χ4v) is 5.87. The quantitative estimate of drug-likeness (QED) is 0.415. The number of piperidine rings is 1. The van der Waals surface area contributed by atoms with Gasteiger partial charge >= 0.3 is 0 Å². The molecule has 1 aromatic carbocycles. The van der Waals surface area contributed by atoms with Crippen molar-refractivity contribution in [2.45, 2.75) is 51.6 Å². The number of halogens is 2. The van der Waals surface area contributed by atoms with Gasteiger partial charge in [0.15, 0.2) is 11.5 Å². The Morgan fingerprint density at radius 1 is 1.03 bits per heavy atom. The van der Waals surface area contributed by atoms with Gasteiger partial charge in [0.2, 0.25) is 0 Å². The van der Waals surface area contributed by atoms with Gasteiger partial charge < -0.3 is 19.9 Å². The van der Waals surface area contributed by atoms with Crippen molar-refractivity contribution in [3.63, 3.8) is 0 Å². The highest BCUT2D eigenvalue weighted by atomic mass is 32.1. The predicted octanol–water partition coefficient (Wildman–Crippen LogP) is 4.81. The van der Waals surface area contributed by atoms with Crippen molar-refractivity contribution in [1.29, 1.82) is 0 Å². The summed E-state index contributed by atoms with van der Waals surface area (Å²) < 4.78 is 32.0. The number of carbonyl (C=O) groups excluding carboxylic acids is 1. The second-order valence-electron chi connectivity index (χ2n) is 9.51. The lowest BCUT2D eigenvalue weighted by molar-refractivity contribution is 0.102. The predicted molar refractivity (Wildman–Crippen MR) is 134 cm³/mol. The van der Waals surface area contributed by atoms with Crippen LogP contribution in [-0.4, -0.2) is 45.4 Å². The summed E-state index contributed by atoms with van der Waals surface area (Å²) in [6, 6.07) is 3.79. The summed E-state index contributed by atoms with van der Waals surface area (Å²) >= 11 is 1.30. The molecule has 4 aromatic rings. The molecule has 0 bridgehead atoms. The van der Waals surface area contributed by atoms with E-state index in [2.05, 4.69) is 25.5 Å². The Hall–Kier alpha value is -3.11. The van der Waals surface area contributed by atoms with E-state index in [1.54, 1.807) is 19.3 Å². The van der Waals surface area contributed by atoms with E-state index in [0.717, 1.165) is 36.6 Å². The maximum absolute atomic E-state index is 15.5. The number of amides is 1. The van der Waals surface area contributed by atoms with Gasteiger partial charge in [0.1, 0.15) is 11.3 Å². The summed E-state index contributed by atoms with van der Waals surface area (Å²) in [6.07, 6.45) is 7.74. The molecule has 2 fully saturated rings. The highest BCUT2D eigenvalue weighted by Crippen LogP contribution is 2.37. The molecule has 1 saturated carbocycles. The fraction of sp³-hybridized carbons (Fsp3) is 0.400. The number of nitrogens with zero attached hydrogens (tertiary/aromatic N) is 4. The fourth-order valence-electron chi connectivity index (χ4n) is 4.90. The molecule has 0 atom stereocenters. The average molecular weight is 497 g/mol. The van der Waals surface area contributed by atoms with Crippen LogP contribution in [-0.2, 0) is 0 Å². The molecule has 1 saturated heterocycles. The molecule has 7 nitrogen and oxygen atoms in total. The molecule has 10 heteroatoms. The van der Waals surface area contributed by atoms with Crippen molar-refractivity contribution < 1.29 is 13.6 Å². The molecule has 0 spiro atoms. The van der Waals surface area contributed by atoms with Crippen molar-refractivity contribution in [3.05, 3.63) is 52.4 Å². The summed E-state index contributed by atoms with van der Waals surface area (Å²) in [5, 5.41) is 7.10. The number of imidazole rings is 1. The molecule has 4 heterocycles. The minimum Gasteiger partial charge on any atom is -0.370 e. The van der Waals surface area contributed by atoms with Gasteiger partial charge in [-0.05, 0) is 39.5 Å². The Labute approximate surface area is 205 Å². The minimum atomic E-state index is -0.634. The first-order valence-corrected chi connectivity index (χ1v) is 12.7. The van der Waals surface area contributed by atoms with Gasteiger partial charge in [0.05, 0.1) is 32.3 Å². The number of nitrogens with one attached hydrogen (secondary N) is 2. The molecular formula is C25H26F2N6OS. The number of anilines is 2. The lowest BCUT2D eigenvalue weighted by atomic mass is 10.0. The standard InChI is InChI=1S/C25H26F2N6OS/c1-13-11-33-12-17(9-19(27)24(33)28-13)31-25(34)21-18(26)10-20(22-23(21)35-14(2)29-22)32-7-5-16(6-8-32)30-15-3-4-15/h9-12,15-16,30H,3-8H2,1-2H3,(H,31,34). The van der Waals surface area contributed by atoms with E-state index in [0.29, 0.717) is 28.0 Å². The number of rotatable bonds is 5. The third-order valence-electron chi connectivity index (χ3n) is 6.70. The van der Waals surface area contributed by atoms with E-state index in [4.69, 9.17) is 0 Å². The van der Waals surface area contributed by atoms with Crippen molar-refractivity contribution in [2.75, 3.05) is 23.3 Å². The van der Waals surface area contributed by atoms with E-state index in [9.17, 15) is 9.18 Å². The van der Waals surface area contributed by atoms with E-state index in [1.165, 1.54) is 40.7 Å². The smallest absolute Gasteiger partial charge is 0.260 e. The molecule has 2 aliphatic rings.